The van der Waals surface area contributed by atoms with Crippen molar-refractivity contribution in [3.8, 4) is 0 Å². The predicted molar refractivity (Wildman–Crippen MR) is 126 cm³/mol. The number of aliphatic carboxylic acids is 2. The molecule has 0 aromatic heterocycles. The number of hydrogen-bond donors (Lipinski definition) is 6. The Bertz CT molecular complexity index is 690. The lowest BCUT2D eigenvalue weighted by Crippen LogP contribution is -2.59. The van der Waals surface area contributed by atoms with Crippen LogP contribution in [0.5, 0.6) is 0 Å². The van der Waals surface area contributed by atoms with E-state index in [1.165, 1.54) is 0 Å². The molecule has 0 aliphatic carbocycles. The number of carboxylic acid groups (broad SMARTS) is 2. The highest BCUT2D eigenvalue weighted by Gasteiger charge is 2.33. The molecule has 0 saturated carbocycles. The minimum absolute atomic E-state index is 0.0475. The van der Waals surface area contributed by atoms with Crippen LogP contribution in [-0.2, 0) is 24.0 Å². The molecular formula is C21H38N4O7S. The number of carboxylic acids is 2. The average molecular weight is 491 g/mol. The Labute approximate surface area is 199 Å². The fourth-order valence-electron chi connectivity index (χ4n) is 2.95. The second-order valence-electron chi connectivity index (χ2n) is 8.45. The zero-order valence-electron chi connectivity index (χ0n) is 19.9. The molecule has 5 unspecified atom stereocenters. The third-order valence-corrected chi connectivity index (χ3v) is 5.74. The van der Waals surface area contributed by atoms with Crippen molar-refractivity contribution in [2.45, 2.75) is 77.5 Å². The van der Waals surface area contributed by atoms with Gasteiger partial charge in [-0.1, -0.05) is 34.1 Å². The van der Waals surface area contributed by atoms with E-state index in [0.717, 1.165) is 0 Å². The Morgan fingerprint density at radius 3 is 1.94 bits per heavy atom. The van der Waals surface area contributed by atoms with E-state index < -0.39 is 60.2 Å². The molecule has 0 radical (unpaired) electrons. The summed E-state index contributed by atoms with van der Waals surface area (Å²) in [5.74, 6) is -4.40. The summed E-state index contributed by atoms with van der Waals surface area (Å²) < 4.78 is 0. The van der Waals surface area contributed by atoms with Crippen LogP contribution in [-0.4, -0.2) is 76.0 Å². The molecule has 0 heterocycles. The van der Waals surface area contributed by atoms with E-state index in [1.807, 2.05) is 20.1 Å². The predicted octanol–water partition coefficient (Wildman–Crippen LogP) is 0.173. The molecule has 5 atom stereocenters. The van der Waals surface area contributed by atoms with E-state index in [2.05, 4.69) is 16.0 Å². The molecule has 0 spiro atoms. The van der Waals surface area contributed by atoms with Crippen LogP contribution in [0.4, 0.5) is 0 Å². The van der Waals surface area contributed by atoms with Gasteiger partial charge < -0.3 is 31.9 Å². The number of thioether (sulfide) groups is 1. The Morgan fingerprint density at radius 1 is 0.909 bits per heavy atom. The number of hydrogen-bond acceptors (Lipinski definition) is 7. The van der Waals surface area contributed by atoms with Gasteiger partial charge in [-0.15, -0.1) is 0 Å². The Morgan fingerprint density at radius 2 is 1.48 bits per heavy atom. The lowest BCUT2D eigenvalue weighted by molar-refractivity contribution is -0.147. The standard InChI is InChI=1S/C21H38N4O7S/c1-6-12(4)17(20(30)24-15(21(31)32)10-16(26)27)25-19(29)14(9-11(2)3)23-18(28)13(22)7-8-33-5/h11-15,17H,6-10,22H2,1-5H3,(H,23,28)(H,24,30)(H,25,29)(H,26,27)(H,31,32). The topological polar surface area (TPSA) is 188 Å². The van der Waals surface area contributed by atoms with Crippen LogP contribution < -0.4 is 21.7 Å². The van der Waals surface area contributed by atoms with Gasteiger partial charge in [-0.2, -0.15) is 11.8 Å². The van der Waals surface area contributed by atoms with Crippen molar-refractivity contribution in [1.29, 1.82) is 0 Å². The molecule has 190 valence electrons. The van der Waals surface area contributed by atoms with Crippen LogP contribution >= 0.6 is 11.8 Å². The van der Waals surface area contributed by atoms with Crippen molar-refractivity contribution in [2.24, 2.45) is 17.6 Å². The van der Waals surface area contributed by atoms with E-state index in [9.17, 15) is 29.1 Å². The first-order valence-corrected chi connectivity index (χ1v) is 12.3. The highest BCUT2D eigenvalue weighted by molar-refractivity contribution is 7.98. The van der Waals surface area contributed by atoms with Gasteiger partial charge >= 0.3 is 11.9 Å². The molecule has 0 rings (SSSR count). The maximum atomic E-state index is 13.0. The molecule has 0 aliphatic heterocycles. The minimum atomic E-state index is -1.64. The van der Waals surface area contributed by atoms with Gasteiger partial charge in [0.05, 0.1) is 12.5 Å². The SMILES string of the molecule is CCC(C)C(NC(=O)C(CC(C)C)NC(=O)C(N)CCSC)C(=O)NC(CC(=O)O)C(=O)O. The van der Waals surface area contributed by atoms with Crippen LogP contribution in [0.2, 0.25) is 0 Å². The second kappa shape index (κ2) is 15.5. The van der Waals surface area contributed by atoms with Crippen LogP contribution in [0.25, 0.3) is 0 Å². The lowest BCUT2D eigenvalue weighted by atomic mass is 9.96. The summed E-state index contributed by atoms with van der Waals surface area (Å²) in [7, 11) is 0. The molecule has 3 amide bonds. The highest BCUT2D eigenvalue weighted by atomic mass is 32.2. The van der Waals surface area contributed by atoms with E-state index in [-0.39, 0.29) is 11.8 Å². The van der Waals surface area contributed by atoms with Crippen molar-refractivity contribution in [1.82, 2.24) is 16.0 Å². The van der Waals surface area contributed by atoms with Crippen LogP contribution in [0.1, 0.15) is 53.4 Å². The van der Waals surface area contributed by atoms with Crippen LogP contribution in [0, 0.1) is 11.8 Å². The van der Waals surface area contributed by atoms with Gasteiger partial charge in [-0.25, -0.2) is 4.79 Å². The quantitative estimate of drug-likeness (QED) is 0.175. The van der Waals surface area contributed by atoms with Gasteiger partial charge in [0.15, 0.2) is 0 Å². The molecule has 0 aromatic carbocycles. The summed E-state index contributed by atoms with van der Waals surface area (Å²) in [6, 6.07) is -4.47. The number of carbonyl (C=O) groups excluding carboxylic acids is 3. The van der Waals surface area contributed by atoms with Gasteiger partial charge in [0, 0.05) is 0 Å². The van der Waals surface area contributed by atoms with Gasteiger partial charge in [-0.05, 0) is 36.7 Å². The second-order valence-corrected chi connectivity index (χ2v) is 9.43. The molecule has 12 heteroatoms. The molecule has 33 heavy (non-hydrogen) atoms. The molecule has 0 bridgehead atoms. The number of rotatable bonds is 16. The molecule has 0 aromatic rings. The molecule has 0 aliphatic rings. The highest BCUT2D eigenvalue weighted by Crippen LogP contribution is 2.12. The normalized spacial score (nSPS) is 15.6. The summed E-state index contributed by atoms with van der Waals surface area (Å²) in [5, 5.41) is 25.5. The van der Waals surface area contributed by atoms with Crippen molar-refractivity contribution < 1.29 is 34.2 Å². The largest absolute Gasteiger partial charge is 0.481 e. The van der Waals surface area contributed by atoms with E-state index in [1.54, 1.807) is 25.6 Å². The fourth-order valence-corrected chi connectivity index (χ4v) is 3.44. The number of nitrogens with two attached hydrogens (primary N) is 1. The summed E-state index contributed by atoms with van der Waals surface area (Å²) >= 11 is 1.55. The Hall–Kier alpha value is -2.34. The van der Waals surface area contributed by atoms with Crippen molar-refractivity contribution in [2.75, 3.05) is 12.0 Å². The molecule has 0 saturated heterocycles. The molecular weight excluding hydrogens is 452 g/mol. The average Bonchev–Trinajstić information content (AvgIpc) is 2.72. The first-order valence-electron chi connectivity index (χ1n) is 10.9. The summed E-state index contributed by atoms with van der Waals surface area (Å²) in [5.41, 5.74) is 5.90. The van der Waals surface area contributed by atoms with Gasteiger partial charge in [0.2, 0.25) is 17.7 Å². The van der Waals surface area contributed by atoms with Crippen LogP contribution in [0.15, 0.2) is 0 Å². The summed E-state index contributed by atoms with van der Waals surface area (Å²) in [6.45, 7) is 7.25. The van der Waals surface area contributed by atoms with Crippen molar-refractivity contribution >= 4 is 41.4 Å². The third-order valence-electron chi connectivity index (χ3n) is 5.10. The van der Waals surface area contributed by atoms with Gasteiger partial charge in [0.1, 0.15) is 18.1 Å². The number of nitrogens with one attached hydrogen (secondary N) is 3. The first kappa shape index (κ1) is 30.7. The molecule has 0 fully saturated rings. The van der Waals surface area contributed by atoms with Crippen molar-refractivity contribution in [3.63, 3.8) is 0 Å². The number of carbonyl (C=O) groups is 5. The van der Waals surface area contributed by atoms with E-state index in [0.29, 0.717) is 25.0 Å². The summed E-state index contributed by atoms with van der Waals surface area (Å²) in [6.07, 6.45) is 2.32. The third kappa shape index (κ3) is 11.9. The number of amides is 3. The van der Waals surface area contributed by atoms with Crippen molar-refractivity contribution in [3.05, 3.63) is 0 Å². The van der Waals surface area contributed by atoms with Crippen LogP contribution in [0.3, 0.4) is 0 Å². The fraction of sp³-hybridized carbons (Fsp3) is 0.762. The van der Waals surface area contributed by atoms with E-state index >= 15 is 0 Å². The van der Waals surface area contributed by atoms with Gasteiger partial charge in [-0.3, -0.25) is 19.2 Å². The molecule has 7 N–H and O–H groups in total. The zero-order valence-corrected chi connectivity index (χ0v) is 20.7. The molecule has 11 nitrogen and oxygen atoms in total. The monoisotopic (exact) mass is 490 g/mol. The first-order chi connectivity index (χ1) is 15.3. The summed E-state index contributed by atoms with van der Waals surface area (Å²) in [4.78, 5) is 60.5. The lowest BCUT2D eigenvalue weighted by Gasteiger charge is -2.28. The Balaban J connectivity index is 5.53. The zero-order chi connectivity index (χ0) is 25.7. The van der Waals surface area contributed by atoms with E-state index in [4.69, 9.17) is 10.8 Å². The minimum Gasteiger partial charge on any atom is -0.481 e. The Kier molecular flexibility index (Phi) is 14.4. The maximum Gasteiger partial charge on any atom is 0.326 e. The smallest absolute Gasteiger partial charge is 0.326 e. The maximum absolute atomic E-state index is 13.0. The van der Waals surface area contributed by atoms with Gasteiger partial charge in [0.25, 0.3) is 0 Å².